The summed E-state index contributed by atoms with van der Waals surface area (Å²) < 4.78 is 6.63. The summed E-state index contributed by atoms with van der Waals surface area (Å²) in [5, 5.41) is 30.7. The molecule has 3 N–H and O–H groups in total. The molecular formula is C23H23IN2O5. The number of rotatable bonds is 8. The fourth-order valence-corrected chi connectivity index (χ4v) is 3.55. The van der Waals surface area contributed by atoms with Gasteiger partial charge in [-0.2, -0.15) is 5.26 Å². The van der Waals surface area contributed by atoms with E-state index in [1.54, 1.807) is 48.5 Å². The number of aromatic hydroxyl groups is 1. The molecule has 0 saturated heterocycles. The molecule has 162 valence electrons. The van der Waals surface area contributed by atoms with E-state index in [9.17, 15) is 14.7 Å². The molecule has 2 rings (SSSR count). The van der Waals surface area contributed by atoms with Gasteiger partial charge in [0, 0.05) is 26.3 Å². The van der Waals surface area contributed by atoms with Crippen LogP contribution in [0.15, 0.2) is 54.6 Å². The van der Waals surface area contributed by atoms with Crippen LogP contribution < -0.4 is 5.32 Å². The number of carboxylic acid groups (broad SMARTS) is 1. The Hall–Kier alpha value is -3.06. The SMILES string of the molecule is CC(C)(CC/C=C/C(=O)O)[C@H](OC(=O)Nc1ccc(C#N)cc1)c1cc(I)ccc1O. The zero-order valence-electron chi connectivity index (χ0n) is 17.1. The van der Waals surface area contributed by atoms with E-state index in [0.717, 1.165) is 9.65 Å². The molecule has 1 amide bonds. The number of nitriles is 1. The van der Waals surface area contributed by atoms with Crippen molar-refractivity contribution >= 4 is 40.3 Å². The number of hydrogen-bond acceptors (Lipinski definition) is 5. The van der Waals surface area contributed by atoms with Crippen molar-refractivity contribution in [2.24, 2.45) is 5.41 Å². The van der Waals surface area contributed by atoms with Crippen molar-refractivity contribution in [3.8, 4) is 11.8 Å². The van der Waals surface area contributed by atoms with E-state index in [4.69, 9.17) is 15.1 Å². The van der Waals surface area contributed by atoms with E-state index in [1.165, 1.54) is 0 Å². The molecule has 0 fully saturated rings. The average Bonchev–Trinajstić information content (AvgIpc) is 2.72. The molecule has 0 aliphatic heterocycles. The number of hydrogen-bond donors (Lipinski definition) is 3. The van der Waals surface area contributed by atoms with Crippen molar-refractivity contribution in [2.75, 3.05) is 5.32 Å². The molecule has 2 aromatic carbocycles. The molecule has 0 aliphatic rings. The fourth-order valence-electron chi connectivity index (χ4n) is 3.03. The Morgan fingerprint density at radius 2 is 1.94 bits per heavy atom. The highest BCUT2D eigenvalue weighted by Gasteiger charge is 2.35. The maximum atomic E-state index is 12.6. The van der Waals surface area contributed by atoms with Gasteiger partial charge in [-0.05, 0) is 77.9 Å². The summed E-state index contributed by atoms with van der Waals surface area (Å²) in [5.41, 5.74) is 0.786. The van der Waals surface area contributed by atoms with Crippen LogP contribution >= 0.6 is 22.6 Å². The second-order valence-corrected chi connectivity index (χ2v) is 8.82. The lowest BCUT2D eigenvalue weighted by Gasteiger charge is -2.34. The van der Waals surface area contributed by atoms with Gasteiger partial charge in [-0.25, -0.2) is 9.59 Å². The first kappa shape index (κ1) is 24.2. The number of carboxylic acids is 1. The highest BCUT2D eigenvalue weighted by atomic mass is 127. The Balaban J connectivity index is 2.26. The predicted molar refractivity (Wildman–Crippen MR) is 125 cm³/mol. The number of phenols is 1. The van der Waals surface area contributed by atoms with Crippen molar-refractivity contribution in [3.05, 3.63) is 69.3 Å². The Labute approximate surface area is 194 Å². The quantitative estimate of drug-likeness (QED) is 0.300. The highest BCUT2D eigenvalue weighted by Crippen LogP contribution is 2.44. The summed E-state index contributed by atoms with van der Waals surface area (Å²) in [5.74, 6) is -1.02. The van der Waals surface area contributed by atoms with E-state index in [2.05, 4.69) is 27.9 Å². The molecule has 7 nitrogen and oxygen atoms in total. The van der Waals surface area contributed by atoms with Crippen LogP contribution in [0.25, 0.3) is 0 Å². The summed E-state index contributed by atoms with van der Waals surface area (Å²) in [7, 11) is 0. The Morgan fingerprint density at radius 3 is 2.55 bits per heavy atom. The lowest BCUT2D eigenvalue weighted by Crippen LogP contribution is -2.29. The number of nitrogens with one attached hydrogen (secondary N) is 1. The normalized spacial score (nSPS) is 12.2. The molecule has 0 aromatic heterocycles. The number of amides is 1. The summed E-state index contributed by atoms with van der Waals surface area (Å²) >= 11 is 2.11. The number of allylic oxidation sites excluding steroid dienone is 1. The molecule has 0 radical (unpaired) electrons. The standard InChI is InChI=1S/C23H23IN2O5/c1-23(2,12-4-3-5-20(28)29)21(18-13-16(24)8-11-19(18)27)31-22(30)26-17-9-6-15(14-25)7-10-17/h3,5-11,13,21,27H,4,12H2,1-2H3,(H,26,30)(H,28,29)/b5-3+/t21-/m1/s1. The first-order chi connectivity index (χ1) is 14.6. The highest BCUT2D eigenvalue weighted by molar-refractivity contribution is 14.1. The second kappa shape index (κ2) is 10.8. The molecule has 1 atom stereocenters. The number of ether oxygens (including phenoxy) is 1. The summed E-state index contributed by atoms with van der Waals surface area (Å²) in [4.78, 5) is 23.3. The average molecular weight is 534 g/mol. The van der Waals surface area contributed by atoms with Crippen molar-refractivity contribution in [3.63, 3.8) is 0 Å². The van der Waals surface area contributed by atoms with Gasteiger partial charge in [0.2, 0.25) is 0 Å². The topological polar surface area (TPSA) is 120 Å². The third kappa shape index (κ3) is 7.29. The van der Waals surface area contributed by atoms with Crippen LogP contribution in [0.3, 0.4) is 0 Å². The minimum absolute atomic E-state index is 0.00532. The van der Waals surface area contributed by atoms with Crippen molar-refractivity contribution in [1.82, 2.24) is 0 Å². The fraction of sp³-hybridized carbons (Fsp3) is 0.261. The minimum Gasteiger partial charge on any atom is -0.508 e. The Morgan fingerprint density at radius 1 is 1.26 bits per heavy atom. The van der Waals surface area contributed by atoms with Gasteiger partial charge in [-0.15, -0.1) is 0 Å². The van der Waals surface area contributed by atoms with Gasteiger partial charge >= 0.3 is 12.1 Å². The van der Waals surface area contributed by atoms with E-state index < -0.39 is 23.6 Å². The Kier molecular flexibility index (Phi) is 8.45. The molecule has 2 aromatic rings. The van der Waals surface area contributed by atoms with Gasteiger partial charge in [0.05, 0.1) is 11.6 Å². The monoisotopic (exact) mass is 534 g/mol. The van der Waals surface area contributed by atoms with Crippen LogP contribution in [0.2, 0.25) is 0 Å². The summed E-state index contributed by atoms with van der Waals surface area (Å²) in [6, 6.07) is 13.4. The maximum Gasteiger partial charge on any atom is 0.412 e. The van der Waals surface area contributed by atoms with Crippen LogP contribution in [0.5, 0.6) is 5.75 Å². The van der Waals surface area contributed by atoms with Crippen molar-refractivity contribution in [2.45, 2.75) is 32.8 Å². The maximum absolute atomic E-state index is 12.6. The molecule has 31 heavy (non-hydrogen) atoms. The van der Waals surface area contributed by atoms with E-state index >= 15 is 0 Å². The van der Waals surface area contributed by atoms with Gasteiger partial charge < -0.3 is 14.9 Å². The Bertz CT molecular complexity index is 1010. The van der Waals surface area contributed by atoms with Crippen molar-refractivity contribution < 1.29 is 24.5 Å². The third-order valence-electron chi connectivity index (χ3n) is 4.68. The van der Waals surface area contributed by atoms with Crippen LogP contribution in [-0.2, 0) is 9.53 Å². The molecule has 0 unspecified atom stereocenters. The van der Waals surface area contributed by atoms with Gasteiger partial charge in [0.25, 0.3) is 0 Å². The van der Waals surface area contributed by atoms with Crippen LogP contribution in [0.1, 0.15) is 43.9 Å². The van der Waals surface area contributed by atoms with E-state index in [1.807, 2.05) is 19.9 Å². The van der Waals surface area contributed by atoms with E-state index in [-0.39, 0.29) is 5.75 Å². The number of benzene rings is 2. The van der Waals surface area contributed by atoms with E-state index in [0.29, 0.717) is 29.7 Å². The molecule has 0 bridgehead atoms. The lowest BCUT2D eigenvalue weighted by molar-refractivity contribution is -0.131. The number of halogens is 1. The second-order valence-electron chi connectivity index (χ2n) is 7.57. The summed E-state index contributed by atoms with van der Waals surface area (Å²) in [6.45, 7) is 3.78. The van der Waals surface area contributed by atoms with Crippen LogP contribution in [0, 0.1) is 20.3 Å². The van der Waals surface area contributed by atoms with Crippen LogP contribution in [0.4, 0.5) is 10.5 Å². The number of nitrogens with zero attached hydrogens (tertiary/aromatic N) is 1. The minimum atomic E-state index is -1.03. The number of carbonyl (C=O) groups is 2. The zero-order valence-corrected chi connectivity index (χ0v) is 19.3. The largest absolute Gasteiger partial charge is 0.508 e. The van der Waals surface area contributed by atoms with Gasteiger partial charge in [-0.1, -0.05) is 19.9 Å². The zero-order chi connectivity index (χ0) is 23.0. The van der Waals surface area contributed by atoms with Gasteiger partial charge in [0.15, 0.2) is 0 Å². The van der Waals surface area contributed by atoms with Gasteiger partial charge in [-0.3, -0.25) is 5.32 Å². The predicted octanol–water partition coefficient (Wildman–Crippen LogP) is 5.61. The van der Waals surface area contributed by atoms with Crippen LogP contribution in [-0.4, -0.2) is 22.3 Å². The first-order valence-corrected chi connectivity index (χ1v) is 10.6. The van der Waals surface area contributed by atoms with Crippen molar-refractivity contribution in [1.29, 1.82) is 5.26 Å². The summed E-state index contributed by atoms with van der Waals surface area (Å²) in [6.07, 6.45) is 2.09. The molecule has 0 saturated carbocycles. The molecule has 0 aliphatic carbocycles. The smallest absolute Gasteiger partial charge is 0.412 e. The lowest BCUT2D eigenvalue weighted by atomic mass is 9.78. The molecular weight excluding hydrogens is 511 g/mol. The number of aliphatic carboxylic acids is 1. The first-order valence-electron chi connectivity index (χ1n) is 9.48. The third-order valence-corrected chi connectivity index (χ3v) is 5.35. The van der Waals surface area contributed by atoms with Gasteiger partial charge in [0.1, 0.15) is 11.9 Å². The number of anilines is 1. The molecule has 0 spiro atoms. The molecule has 8 heteroatoms. The number of phenolic OH excluding ortho intramolecular Hbond substituents is 1. The molecule has 0 heterocycles. The number of carbonyl (C=O) groups excluding carboxylic acids is 1.